The molecule has 6 heteroatoms. The number of anilines is 1. The molecule has 0 saturated carbocycles. The van der Waals surface area contributed by atoms with Crippen molar-refractivity contribution in [2.75, 3.05) is 11.9 Å². The van der Waals surface area contributed by atoms with E-state index in [4.69, 9.17) is 0 Å². The van der Waals surface area contributed by atoms with Crippen LogP contribution in [0.4, 0.5) is 14.9 Å². The molecule has 3 N–H and O–H groups in total. The van der Waals surface area contributed by atoms with Crippen molar-refractivity contribution in [3.05, 3.63) is 65.3 Å². The van der Waals surface area contributed by atoms with Crippen LogP contribution in [0.5, 0.6) is 0 Å². The fourth-order valence-corrected chi connectivity index (χ4v) is 3.42. The number of hydrogen-bond acceptors (Lipinski definition) is 3. The van der Waals surface area contributed by atoms with E-state index >= 15 is 0 Å². The predicted octanol–water partition coefficient (Wildman–Crippen LogP) is 4.07. The Balaban J connectivity index is 1.66. The third-order valence-corrected chi connectivity index (χ3v) is 5.04. The highest BCUT2D eigenvalue weighted by Crippen LogP contribution is 2.32. The van der Waals surface area contributed by atoms with Gasteiger partial charge >= 0.3 is 6.03 Å². The number of rotatable bonds is 4. The SMILES string of the molecule is C[C@@](O)(CNC(=O)Nc1ccccc1F)c1cc2ccccc2s1. The van der Waals surface area contributed by atoms with Crippen LogP contribution in [-0.2, 0) is 5.60 Å². The van der Waals surface area contributed by atoms with Crippen LogP contribution in [0.25, 0.3) is 10.1 Å². The average Bonchev–Trinajstić information content (AvgIpc) is 3.00. The van der Waals surface area contributed by atoms with E-state index < -0.39 is 17.4 Å². The third kappa shape index (κ3) is 3.55. The van der Waals surface area contributed by atoms with Gasteiger partial charge in [0.25, 0.3) is 0 Å². The number of carbonyl (C=O) groups is 1. The van der Waals surface area contributed by atoms with E-state index in [9.17, 15) is 14.3 Å². The Morgan fingerprint density at radius 3 is 2.67 bits per heavy atom. The first-order valence-electron chi connectivity index (χ1n) is 7.46. The van der Waals surface area contributed by atoms with Crippen LogP contribution < -0.4 is 10.6 Å². The van der Waals surface area contributed by atoms with Crippen molar-refractivity contribution in [1.82, 2.24) is 5.32 Å². The summed E-state index contributed by atoms with van der Waals surface area (Å²) in [4.78, 5) is 12.7. The Morgan fingerprint density at radius 1 is 1.21 bits per heavy atom. The number of carbonyl (C=O) groups excluding carboxylic acids is 1. The van der Waals surface area contributed by atoms with Gasteiger partial charge in [0, 0.05) is 9.58 Å². The molecule has 2 amide bonds. The first-order chi connectivity index (χ1) is 11.5. The highest BCUT2D eigenvalue weighted by molar-refractivity contribution is 7.19. The van der Waals surface area contributed by atoms with Gasteiger partial charge in [0.05, 0.1) is 12.2 Å². The Hall–Kier alpha value is -2.44. The molecule has 0 fully saturated rings. The van der Waals surface area contributed by atoms with Gasteiger partial charge in [-0.2, -0.15) is 0 Å². The molecule has 0 spiro atoms. The van der Waals surface area contributed by atoms with Gasteiger partial charge in [0.2, 0.25) is 0 Å². The Labute approximate surface area is 142 Å². The molecule has 2 aromatic carbocycles. The van der Waals surface area contributed by atoms with Crippen molar-refractivity contribution in [2.24, 2.45) is 0 Å². The van der Waals surface area contributed by atoms with Gasteiger partial charge in [-0.15, -0.1) is 11.3 Å². The van der Waals surface area contributed by atoms with Crippen LogP contribution in [0.3, 0.4) is 0 Å². The minimum absolute atomic E-state index is 0.0140. The van der Waals surface area contributed by atoms with Gasteiger partial charge in [0.15, 0.2) is 0 Å². The molecule has 0 aliphatic heterocycles. The number of para-hydroxylation sites is 1. The first kappa shape index (κ1) is 16.4. The van der Waals surface area contributed by atoms with Crippen molar-refractivity contribution in [3.8, 4) is 0 Å². The number of nitrogens with one attached hydrogen (secondary N) is 2. The number of hydrogen-bond donors (Lipinski definition) is 3. The smallest absolute Gasteiger partial charge is 0.319 e. The molecule has 0 saturated heterocycles. The number of amides is 2. The number of fused-ring (bicyclic) bond motifs is 1. The summed E-state index contributed by atoms with van der Waals surface area (Å²) < 4.78 is 14.6. The summed E-state index contributed by atoms with van der Waals surface area (Å²) in [5.41, 5.74) is -1.12. The van der Waals surface area contributed by atoms with Crippen LogP contribution in [0.1, 0.15) is 11.8 Å². The lowest BCUT2D eigenvalue weighted by molar-refractivity contribution is 0.0638. The van der Waals surface area contributed by atoms with E-state index in [0.29, 0.717) is 0 Å². The van der Waals surface area contributed by atoms with Crippen LogP contribution in [0.2, 0.25) is 0 Å². The Kier molecular flexibility index (Phi) is 4.51. The number of benzene rings is 2. The van der Waals surface area contributed by atoms with Crippen molar-refractivity contribution >= 4 is 33.1 Å². The number of aliphatic hydroxyl groups is 1. The second kappa shape index (κ2) is 6.59. The highest BCUT2D eigenvalue weighted by Gasteiger charge is 2.26. The zero-order chi connectivity index (χ0) is 17.2. The van der Waals surface area contributed by atoms with E-state index in [1.54, 1.807) is 19.1 Å². The molecule has 3 rings (SSSR count). The van der Waals surface area contributed by atoms with Gasteiger partial charge in [0.1, 0.15) is 11.4 Å². The zero-order valence-electron chi connectivity index (χ0n) is 13.0. The van der Waals surface area contributed by atoms with Crippen LogP contribution in [0.15, 0.2) is 54.6 Å². The molecule has 0 bridgehead atoms. The maximum absolute atomic E-state index is 13.5. The molecule has 4 nitrogen and oxygen atoms in total. The molecular formula is C18H17FN2O2S. The van der Waals surface area contributed by atoms with Gasteiger partial charge in [-0.05, 0) is 36.6 Å². The zero-order valence-corrected chi connectivity index (χ0v) is 13.9. The fraction of sp³-hybridized carbons (Fsp3) is 0.167. The first-order valence-corrected chi connectivity index (χ1v) is 8.28. The van der Waals surface area contributed by atoms with E-state index in [1.807, 2.05) is 30.3 Å². The molecule has 1 aromatic heterocycles. The lowest BCUT2D eigenvalue weighted by Gasteiger charge is -2.22. The normalized spacial score (nSPS) is 13.5. The molecule has 124 valence electrons. The van der Waals surface area contributed by atoms with Crippen LogP contribution in [-0.4, -0.2) is 17.7 Å². The maximum atomic E-state index is 13.5. The molecule has 1 heterocycles. The van der Waals surface area contributed by atoms with Gasteiger partial charge in [-0.25, -0.2) is 9.18 Å². The maximum Gasteiger partial charge on any atom is 0.319 e. The second-order valence-electron chi connectivity index (χ2n) is 5.71. The van der Waals surface area contributed by atoms with Crippen molar-refractivity contribution in [2.45, 2.75) is 12.5 Å². The standard InChI is InChI=1S/C18H17FN2O2S/c1-18(23,16-10-12-6-2-5-9-15(12)24-16)11-20-17(22)21-14-8-4-3-7-13(14)19/h2-10,23H,11H2,1H3,(H2,20,21,22)/t18-/m1/s1. The Morgan fingerprint density at radius 2 is 1.92 bits per heavy atom. The van der Waals surface area contributed by atoms with Crippen LogP contribution >= 0.6 is 11.3 Å². The minimum Gasteiger partial charge on any atom is -0.383 e. The van der Waals surface area contributed by atoms with E-state index in [-0.39, 0.29) is 12.2 Å². The predicted molar refractivity (Wildman–Crippen MR) is 94.8 cm³/mol. The summed E-state index contributed by atoms with van der Waals surface area (Å²) in [6, 6.07) is 15.1. The fourth-order valence-electron chi connectivity index (χ4n) is 2.32. The Bertz CT molecular complexity index is 843. The summed E-state index contributed by atoms with van der Waals surface area (Å²) in [6.45, 7) is 1.65. The topological polar surface area (TPSA) is 61.4 Å². The average molecular weight is 344 g/mol. The second-order valence-corrected chi connectivity index (χ2v) is 6.79. The number of halogens is 1. The molecule has 0 radical (unpaired) electrons. The largest absolute Gasteiger partial charge is 0.383 e. The summed E-state index contributed by atoms with van der Waals surface area (Å²) in [6.07, 6.45) is 0. The highest BCUT2D eigenvalue weighted by atomic mass is 32.1. The summed E-state index contributed by atoms with van der Waals surface area (Å²) >= 11 is 1.48. The number of thiophene rings is 1. The molecule has 0 aliphatic carbocycles. The molecule has 0 unspecified atom stereocenters. The summed E-state index contributed by atoms with van der Waals surface area (Å²) in [5, 5.41) is 16.7. The molecule has 24 heavy (non-hydrogen) atoms. The van der Waals surface area contributed by atoms with E-state index in [1.165, 1.54) is 23.5 Å². The van der Waals surface area contributed by atoms with Gasteiger partial charge in [-0.1, -0.05) is 30.3 Å². The number of urea groups is 1. The summed E-state index contributed by atoms with van der Waals surface area (Å²) in [5.74, 6) is -0.510. The monoisotopic (exact) mass is 344 g/mol. The van der Waals surface area contributed by atoms with E-state index in [0.717, 1.165) is 15.0 Å². The van der Waals surface area contributed by atoms with Crippen LogP contribution in [0, 0.1) is 5.82 Å². The lowest BCUT2D eigenvalue weighted by atomic mass is 10.0. The van der Waals surface area contributed by atoms with Gasteiger partial charge in [-0.3, -0.25) is 0 Å². The van der Waals surface area contributed by atoms with Crippen molar-refractivity contribution in [1.29, 1.82) is 0 Å². The summed E-state index contributed by atoms with van der Waals surface area (Å²) in [7, 11) is 0. The molecular weight excluding hydrogens is 327 g/mol. The van der Waals surface area contributed by atoms with Crippen molar-refractivity contribution in [3.63, 3.8) is 0 Å². The molecule has 3 aromatic rings. The van der Waals surface area contributed by atoms with Crippen molar-refractivity contribution < 1.29 is 14.3 Å². The minimum atomic E-state index is -1.21. The van der Waals surface area contributed by atoms with E-state index in [2.05, 4.69) is 10.6 Å². The quantitative estimate of drug-likeness (QED) is 0.668. The van der Waals surface area contributed by atoms with Gasteiger partial charge < -0.3 is 15.7 Å². The molecule has 1 atom stereocenters. The molecule has 0 aliphatic rings. The lowest BCUT2D eigenvalue weighted by Crippen LogP contribution is -2.40. The third-order valence-electron chi connectivity index (χ3n) is 3.67.